The van der Waals surface area contributed by atoms with Gasteiger partial charge in [-0.05, 0) is 60.7 Å². The van der Waals surface area contributed by atoms with Gasteiger partial charge in [0.2, 0.25) is 10.0 Å². The number of hydrogen-bond acceptors (Lipinski definition) is 4. The van der Waals surface area contributed by atoms with Crippen molar-refractivity contribution in [3.63, 3.8) is 0 Å². The van der Waals surface area contributed by atoms with Crippen molar-refractivity contribution in [1.82, 2.24) is 9.62 Å². The first kappa shape index (κ1) is 21.3. The van der Waals surface area contributed by atoms with Crippen LogP contribution in [-0.2, 0) is 14.8 Å². The lowest BCUT2D eigenvalue weighted by Gasteiger charge is -2.31. The van der Waals surface area contributed by atoms with E-state index < -0.39 is 28.4 Å². The molecule has 1 amide bonds. The summed E-state index contributed by atoms with van der Waals surface area (Å²) in [6, 6.07) is 13.1. The van der Waals surface area contributed by atoms with Crippen molar-refractivity contribution in [2.45, 2.75) is 23.7 Å². The lowest BCUT2D eigenvalue weighted by Crippen LogP contribution is -2.37. The number of halogens is 1. The standard InChI is InChI=1S/C20H21ClN2O5S/c21-17-3-1-2-16(12-17)14-8-10-23(11-9-14)29(27,28)18-6-4-15(5-7-18)20(26)22-13-19(24)25/h1-7,12,14H,8-11,13H2,(H,22,26)(H,24,25). The second-order valence-electron chi connectivity index (χ2n) is 6.83. The maximum Gasteiger partial charge on any atom is 0.322 e. The largest absolute Gasteiger partial charge is 0.480 e. The molecule has 0 bridgehead atoms. The second kappa shape index (κ2) is 8.94. The fourth-order valence-electron chi connectivity index (χ4n) is 3.38. The number of nitrogens with one attached hydrogen (secondary N) is 1. The van der Waals surface area contributed by atoms with Crippen LogP contribution in [0.2, 0.25) is 5.02 Å². The molecule has 0 atom stereocenters. The lowest BCUT2D eigenvalue weighted by atomic mass is 9.90. The molecule has 2 N–H and O–H groups in total. The van der Waals surface area contributed by atoms with Crippen molar-refractivity contribution in [2.75, 3.05) is 19.6 Å². The fraction of sp³-hybridized carbons (Fsp3) is 0.300. The number of carbonyl (C=O) groups excluding carboxylic acids is 1. The molecule has 2 aromatic carbocycles. The molecule has 1 aliphatic heterocycles. The van der Waals surface area contributed by atoms with Gasteiger partial charge in [0, 0.05) is 23.7 Å². The van der Waals surface area contributed by atoms with Crippen LogP contribution < -0.4 is 5.32 Å². The molecule has 0 unspecified atom stereocenters. The molecular weight excluding hydrogens is 416 g/mol. The summed E-state index contributed by atoms with van der Waals surface area (Å²) in [5.41, 5.74) is 1.32. The average Bonchev–Trinajstić information content (AvgIpc) is 2.72. The van der Waals surface area contributed by atoms with Gasteiger partial charge in [0.05, 0.1) is 4.90 Å². The first-order chi connectivity index (χ1) is 13.8. The smallest absolute Gasteiger partial charge is 0.322 e. The van der Waals surface area contributed by atoms with Gasteiger partial charge in [-0.25, -0.2) is 8.42 Å². The Kier molecular flexibility index (Phi) is 6.56. The minimum absolute atomic E-state index is 0.105. The van der Waals surface area contributed by atoms with E-state index in [1.807, 2.05) is 24.3 Å². The van der Waals surface area contributed by atoms with E-state index in [4.69, 9.17) is 16.7 Å². The molecule has 1 fully saturated rings. The Bertz CT molecular complexity index is 1000. The first-order valence-corrected chi connectivity index (χ1v) is 10.9. The van der Waals surface area contributed by atoms with Gasteiger partial charge in [-0.3, -0.25) is 9.59 Å². The predicted molar refractivity (Wildman–Crippen MR) is 109 cm³/mol. The highest BCUT2D eigenvalue weighted by molar-refractivity contribution is 7.89. The molecule has 9 heteroatoms. The summed E-state index contributed by atoms with van der Waals surface area (Å²) in [5, 5.41) is 11.5. The molecule has 1 saturated heterocycles. The van der Waals surface area contributed by atoms with Gasteiger partial charge >= 0.3 is 5.97 Å². The highest BCUT2D eigenvalue weighted by atomic mass is 35.5. The maximum absolute atomic E-state index is 12.9. The van der Waals surface area contributed by atoms with Gasteiger partial charge in [0.25, 0.3) is 5.91 Å². The molecule has 2 aromatic rings. The van der Waals surface area contributed by atoms with E-state index >= 15 is 0 Å². The van der Waals surface area contributed by atoms with Crippen LogP contribution in [0, 0.1) is 0 Å². The van der Waals surface area contributed by atoms with Crippen LogP contribution >= 0.6 is 11.6 Å². The number of piperidine rings is 1. The van der Waals surface area contributed by atoms with Crippen molar-refractivity contribution in [2.24, 2.45) is 0 Å². The highest BCUT2D eigenvalue weighted by Crippen LogP contribution is 2.31. The number of amides is 1. The molecule has 0 radical (unpaired) electrons. The zero-order chi connectivity index (χ0) is 21.0. The molecule has 0 spiro atoms. The van der Waals surface area contributed by atoms with Crippen LogP contribution in [0.25, 0.3) is 0 Å². The molecule has 1 heterocycles. The molecule has 1 aliphatic rings. The number of benzene rings is 2. The van der Waals surface area contributed by atoms with E-state index in [0.717, 1.165) is 5.56 Å². The van der Waals surface area contributed by atoms with E-state index in [1.165, 1.54) is 28.6 Å². The number of sulfonamides is 1. The highest BCUT2D eigenvalue weighted by Gasteiger charge is 2.30. The number of aliphatic carboxylic acids is 1. The lowest BCUT2D eigenvalue weighted by molar-refractivity contribution is -0.135. The van der Waals surface area contributed by atoms with Gasteiger partial charge in [-0.15, -0.1) is 0 Å². The van der Waals surface area contributed by atoms with Crippen LogP contribution in [0.1, 0.15) is 34.7 Å². The SMILES string of the molecule is O=C(O)CNC(=O)c1ccc(S(=O)(=O)N2CCC(c3cccc(Cl)c3)CC2)cc1. The van der Waals surface area contributed by atoms with Gasteiger partial charge in [-0.2, -0.15) is 4.31 Å². The Morgan fingerprint density at radius 1 is 1.10 bits per heavy atom. The number of nitrogens with zero attached hydrogens (tertiary/aromatic N) is 1. The van der Waals surface area contributed by atoms with E-state index in [-0.39, 0.29) is 16.4 Å². The Morgan fingerprint density at radius 2 is 1.76 bits per heavy atom. The third-order valence-electron chi connectivity index (χ3n) is 4.93. The number of carbonyl (C=O) groups is 2. The Labute approximate surface area is 174 Å². The summed E-state index contributed by atoms with van der Waals surface area (Å²) in [7, 11) is -3.66. The molecule has 0 aromatic heterocycles. The summed E-state index contributed by atoms with van der Waals surface area (Å²) in [4.78, 5) is 22.5. The third kappa shape index (κ3) is 5.14. The van der Waals surface area contributed by atoms with Gasteiger partial charge in [0.15, 0.2) is 0 Å². The Balaban J connectivity index is 1.65. The molecule has 3 rings (SSSR count). The average molecular weight is 437 g/mol. The first-order valence-electron chi connectivity index (χ1n) is 9.13. The van der Waals surface area contributed by atoms with Crippen LogP contribution in [0.3, 0.4) is 0 Å². The molecule has 0 saturated carbocycles. The topological polar surface area (TPSA) is 104 Å². The molecule has 154 valence electrons. The van der Waals surface area contributed by atoms with Crippen molar-refractivity contribution in [3.8, 4) is 0 Å². The normalized spacial score (nSPS) is 15.8. The van der Waals surface area contributed by atoms with Crippen molar-refractivity contribution in [3.05, 3.63) is 64.7 Å². The monoisotopic (exact) mass is 436 g/mol. The molecule has 7 nitrogen and oxygen atoms in total. The number of carboxylic acid groups (broad SMARTS) is 1. The van der Waals surface area contributed by atoms with Gasteiger partial charge < -0.3 is 10.4 Å². The van der Waals surface area contributed by atoms with Crippen molar-refractivity contribution >= 4 is 33.5 Å². The number of carboxylic acids is 1. The zero-order valence-electron chi connectivity index (χ0n) is 15.5. The molecular formula is C20H21ClN2O5S. The van der Waals surface area contributed by atoms with E-state index in [1.54, 1.807) is 0 Å². The third-order valence-corrected chi connectivity index (χ3v) is 7.08. The molecule has 29 heavy (non-hydrogen) atoms. The summed E-state index contributed by atoms with van der Waals surface area (Å²) in [6.07, 6.45) is 1.41. The quantitative estimate of drug-likeness (QED) is 0.724. The van der Waals surface area contributed by atoms with Crippen LogP contribution in [-0.4, -0.2) is 49.3 Å². The minimum Gasteiger partial charge on any atom is -0.480 e. The fourth-order valence-corrected chi connectivity index (χ4v) is 5.04. The number of rotatable bonds is 6. The summed E-state index contributed by atoms with van der Waals surface area (Å²) >= 11 is 6.05. The summed E-state index contributed by atoms with van der Waals surface area (Å²) in [6.45, 7) is 0.307. The van der Waals surface area contributed by atoms with Crippen LogP contribution in [0.5, 0.6) is 0 Å². The van der Waals surface area contributed by atoms with Gasteiger partial charge in [0.1, 0.15) is 6.54 Å². The van der Waals surface area contributed by atoms with Gasteiger partial charge in [-0.1, -0.05) is 23.7 Å². The number of hydrogen-bond donors (Lipinski definition) is 2. The van der Waals surface area contributed by atoms with E-state index in [9.17, 15) is 18.0 Å². The van der Waals surface area contributed by atoms with Crippen LogP contribution in [0.15, 0.2) is 53.4 Å². The van der Waals surface area contributed by atoms with E-state index in [0.29, 0.717) is 31.0 Å². The zero-order valence-corrected chi connectivity index (χ0v) is 17.1. The molecule has 0 aliphatic carbocycles. The van der Waals surface area contributed by atoms with Crippen molar-refractivity contribution < 1.29 is 23.1 Å². The Hall–Kier alpha value is -2.42. The van der Waals surface area contributed by atoms with E-state index in [2.05, 4.69) is 5.32 Å². The van der Waals surface area contributed by atoms with Crippen LogP contribution in [0.4, 0.5) is 0 Å². The predicted octanol–water partition coefficient (Wildman–Crippen LogP) is 2.72. The van der Waals surface area contributed by atoms with Crippen molar-refractivity contribution in [1.29, 1.82) is 0 Å². The maximum atomic E-state index is 12.9. The second-order valence-corrected chi connectivity index (χ2v) is 9.21. The Morgan fingerprint density at radius 3 is 2.34 bits per heavy atom. The summed E-state index contributed by atoms with van der Waals surface area (Å²) in [5.74, 6) is -1.46. The summed E-state index contributed by atoms with van der Waals surface area (Å²) < 4.78 is 27.3. The minimum atomic E-state index is -3.66.